The summed E-state index contributed by atoms with van der Waals surface area (Å²) in [4.78, 5) is 17.9. The normalized spacial score (nSPS) is 15.5. The van der Waals surface area contributed by atoms with Crippen LogP contribution in [0.25, 0.3) is 17.0 Å². The van der Waals surface area contributed by atoms with Crippen LogP contribution < -0.4 is 5.32 Å². The highest BCUT2D eigenvalue weighted by Crippen LogP contribution is 2.33. The number of phenolic OH excluding ortho intramolecular Hbond substituents is 1. The van der Waals surface area contributed by atoms with Gasteiger partial charge in [0.15, 0.2) is 0 Å². The Morgan fingerprint density at radius 2 is 1.84 bits per heavy atom. The average Bonchev–Trinajstić information content (AvgIpc) is 3.25. The summed E-state index contributed by atoms with van der Waals surface area (Å²) in [6.07, 6.45) is 11.0. The Labute approximate surface area is 190 Å². The topological polar surface area (TPSA) is 68.4 Å². The van der Waals surface area contributed by atoms with E-state index in [9.17, 15) is 9.90 Å². The number of likely N-dealkylation sites (tertiary alicyclic amines) is 1. The molecule has 1 aliphatic heterocycles. The first-order valence-electron chi connectivity index (χ1n) is 11.7. The molecule has 3 aromatic rings. The first kappa shape index (κ1) is 22.2. The molecule has 1 fully saturated rings. The summed E-state index contributed by atoms with van der Waals surface area (Å²) >= 11 is 0. The van der Waals surface area contributed by atoms with E-state index in [0.717, 1.165) is 32.5 Å². The molecule has 4 rings (SSSR count). The number of amides is 1. The fourth-order valence-electron chi connectivity index (χ4n) is 4.60. The van der Waals surface area contributed by atoms with Gasteiger partial charge in [0.05, 0.1) is 0 Å². The summed E-state index contributed by atoms with van der Waals surface area (Å²) in [6, 6.07) is 15.6. The number of hydrogen-bond donors (Lipinski definition) is 3. The third-order valence-electron chi connectivity index (χ3n) is 6.45. The first-order chi connectivity index (χ1) is 15.7. The van der Waals surface area contributed by atoms with E-state index in [4.69, 9.17) is 0 Å². The molecule has 0 radical (unpaired) electrons. The van der Waals surface area contributed by atoms with Crippen molar-refractivity contribution in [1.29, 1.82) is 0 Å². The van der Waals surface area contributed by atoms with Crippen molar-refractivity contribution in [3.05, 3.63) is 71.9 Å². The molecule has 1 saturated heterocycles. The number of unbranched alkanes of at least 4 members (excludes halogenated alkanes) is 2. The fourth-order valence-corrected chi connectivity index (χ4v) is 4.60. The molecule has 3 N–H and O–H groups in total. The Bertz CT molecular complexity index is 1050. The molecule has 1 aromatic heterocycles. The van der Waals surface area contributed by atoms with Crippen LogP contribution in [0.2, 0.25) is 0 Å². The number of fused-ring (bicyclic) bond motifs is 1. The smallest absolute Gasteiger partial charge is 0.244 e. The quantitative estimate of drug-likeness (QED) is 0.328. The minimum absolute atomic E-state index is 0.118. The van der Waals surface area contributed by atoms with Crippen molar-refractivity contribution in [2.45, 2.75) is 38.0 Å². The highest BCUT2D eigenvalue weighted by molar-refractivity contribution is 5.92. The second-order valence-electron chi connectivity index (χ2n) is 8.65. The highest BCUT2D eigenvalue weighted by atomic mass is 16.3. The van der Waals surface area contributed by atoms with Gasteiger partial charge in [-0.1, -0.05) is 42.8 Å². The van der Waals surface area contributed by atoms with Crippen molar-refractivity contribution in [3.63, 3.8) is 0 Å². The van der Waals surface area contributed by atoms with E-state index in [-0.39, 0.29) is 11.7 Å². The van der Waals surface area contributed by atoms with Gasteiger partial charge in [0.1, 0.15) is 5.75 Å². The monoisotopic (exact) mass is 431 g/mol. The van der Waals surface area contributed by atoms with Gasteiger partial charge < -0.3 is 20.3 Å². The van der Waals surface area contributed by atoms with Crippen LogP contribution in [0.3, 0.4) is 0 Å². The summed E-state index contributed by atoms with van der Waals surface area (Å²) in [5.74, 6) is 0.720. The molecule has 1 amide bonds. The summed E-state index contributed by atoms with van der Waals surface area (Å²) in [5, 5.41) is 14.0. The average molecular weight is 432 g/mol. The highest BCUT2D eigenvalue weighted by Gasteiger charge is 2.22. The van der Waals surface area contributed by atoms with Gasteiger partial charge in [0, 0.05) is 35.3 Å². The zero-order chi connectivity index (χ0) is 22.2. The molecule has 0 saturated carbocycles. The lowest BCUT2D eigenvalue weighted by Crippen LogP contribution is -2.33. The molecule has 1 aliphatic rings. The van der Waals surface area contributed by atoms with Crippen LogP contribution >= 0.6 is 0 Å². The van der Waals surface area contributed by atoms with Crippen LogP contribution in [0.5, 0.6) is 5.75 Å². The lowest BCUT2D eigenvalue weighted by atomic mass is 9.89. The molecule has 0 unspecified atom stereocenters. The number of nitrogens with zero attached hydrogens (tertiary/aromatic N) is 1. The maximum Gasteiger partial charge on any atom is 0.244 e. The van der Waals surface area contributed by atoms with Crippen LogP contribution in [-0.4, -0.2) is 47.1 Å². The first-order valence-corrected chi connectivity index (χ1v) is 11.7. The summed E-state index contributed by atoms with van der Waals surface area (Å²) in [5.41, 5.74) is 3.37. The molecule has 0 aliphatic carbocycles. The van der Waals surface area contributed by atoms with Crippen LogP contribution in [-0.2, 0) is 4.79 Å². The second-order valence-corrected chi connectivity index (χ2v) is 8.65. The second kappa shape index (κ2) is 11.0. The van der Waals surface area contributed by atoms with Crippen molar-refractivity contribution in [3.8, 4) is 5.75 Å². The van der Waals surface area contributed by atoms with Crippen LogP contribution in [0.4, 0.5) is 0 Å². The number of aromatic nitrogens is 1. The van der Waals surface area contributed by atoms with Crippen LogP contribution in [0.15, 0.2) is 60.8 Å². The van der Waals surface area contributed by atoms with Crippen molar-refractivity contribution in [2.24, 2.45) is 0 Å². The lowest BCUT2D eigenvalue weighted by Gasteiger charge is -2.32. The van der Waals surface area contributed by atoms with Gasteiger partial charge in [0.25, 0.3) is 0 Å². The van der Waals surface area contributed by atoms with Gasteiger partial charge in [0.2, 0.25) is 5.91 Å². The van der Waals surface area contributed by atoms with E-state index < -0.39 is 0 Å². The van der Waals surface area contributed by atoms with Crippen molar-refractivity contribution >= 4 is 22.9 Å². The Morgan fingerprint density at radius 1 is 1.06 bits per heavy atom. The van der Waals surface area contributed by atoms with Gasteiger partial charge in [-0.2, -0.15) is 0 Å². The maximum atomic E-state index is 11.9. The van der Waals surface area contributed by atoms with E-state index in [0.29, 0.717) is 18.0 Å². The molecule has 0 bridgehead atoms. The van der Waals surface area contributed by atoms with Gasteiger partial charge in [-0.3, -0.25) is 4.79 Å². The Hall–Kier alpha value is -3.05. The van der Waals surface area contributed by atoms with E-state index in [1.54, 1.807) is 24.3 Å². The van der Waals surface area contributed by atoms with E-state index in [2.05, 4.69) is 45.7 Å². The molecule has 0 atom stereocenters. The summed E-state index contributed by atoms with van der Waals surface area (Å²) in [7, 11) is 0. The van der Waals surface area contributed by atoms with E-state index in [1.807, 2.05) is 6.07 Å². The predicted molar refractivity (Wildman–Crippen MR) is 131 cm³/mol. The number of aromatic hydroxyl groups is 1. The number of hydrogen-bond acceptors (Lipinski definition) is 3. The van der Waals surface area contributed by atoms with Crippen LogP contribution in [0.1, 0.15) is 49.1 Å². The number of nitrogens with one attached hydrogen (secondary N) is 2. The number of para-hydroxylation sites is 2. The van der Waals surface area contributed by atoms with E-state index in [1.165, 1.54) is 41.8 Å². The number of carbonyl (C=O) groups is 1. The maximum absolute atomic E-state index is 11.9. The molecule has 0 spiro atoms. The third-order valence-corrected chi connectivity index (χ3v) is 6.45. The van der Waals surface area contributed by atoms with Crippen LogP contribution in [0, 0.1) is 0 Å². The number of H-pyrrole nitrogens is 1. The minimum atomic E-state index is -0.118. The predicted octanol–water partition coefficient (Wildman–Crippen LogP) is 5.05. The number of piperidine rings is 1. The zero-order valence-electron chi connectivity index (χ0n) is 18.6. The molecular formula is C27H33N3O2. The molecule has 5 nitrogen and oxygen atoms in total. The number of phenols is 1. The van der Waals surface area contributed by atoms with E-state index >= 15 is 0 Å². The Morgan fingerprint density at radius 3 is 2.69 bits per heavy atom. The fraction of sp³-hybridized carbons (Fsp3) is 0.370. The molecule has 168 valence electrons. The van der Waals surface area contributed by atoms with Crippen molar-refractivity contribution in [2.75, 3.05) is 26.2 Å². The van der Waals surface area contributed by atoms with Gasteiger partial charge in [-0.05, 0) is 75.0 Å². The third kappa shape index (κ3) is 5.80. The van der Waals surface area contributed by atoms with Crippen molar-refractivity contribution < 1.29 is 9.90 Å². The molecular weight excluding hydrogens is 398 g/mol. The number of aromatic amines is 1. The standard InChI is InChI=1S/C27H33N3O2/c31-26-11-5-2-8-22(26)12-13-27(32)28-16-6-1-7-17-30-18-14-21(15-19-30)24-20-29-25-10-4-3-9-23(24)25/h2-5,8-13,20-21,29,31H,1,6-7,14-19H2,(H,28,32)/b13-12+. The Kier molecular flexibility index (Phi) is 7.62. The minimum Gasteiger partial charge on any atom is -0.507 e. The number of carbonyl (C=O) groups excluding carboxylic acids is 1. The zero-order valence-corrected chi connectivity index (χ0v) is 18.6. The molecule has 2 aromatic carbocycles. The van der Waals surface area contributed by atoms with Gasteiger partial charge in [-0.25, -0.2) is 0 Å². The van der Waals surface area contributed by atoms with Gasteiger partial charge in [-0.15, -0.1) is 0 Å². The molecule has 2 heterocycles. The molecule has 5 heteroatoms. The summed E-state index contributed by atoms with van der Waals surface area (Å²) < 4.78 is 0. The SMILES string of the molecule is O=C(/C=C/c1ccccc1O)NCCCCCN1CCC(c2c[nH]c3ccccc23)CC1. The van der Waals surface area contributed by atoms with Gasteiger partial charge >= 0.3 is 0 Å². The van der Waals surface area contributed by atoms with Crippen molar-refractivity contribution in [1.82, 2.24) is 15.2 Å². The molecule has 32 heavy (non-hydrogen) atoms. The lowest BCUT2D eigenvalue weighted by molar-refractivity contribution is -0.116. The largest absolute Gasteiger partial charge is 0.507 e. The Balaban J connectivity index is 1.09. The number of benzene rings is 2. The number of rotatable bonds is 9. The summed E-state index contributed by atoms with van der Waals surface area (Å²) in [6.45, 7) is 4.16.